The molecule has 0 saturated heterocycles. The van der Waals surface area contributed by atoms with Gasteiger partial charge in [-0.15, -0.1) is 11.8 Å². The zero-order chi connectivity index (χ0) is 16.4. The molecule has 0 aliphatic rings. The van der Waals surface area contributed by atoms with E-state index in [0.717, 1.165) is 0 Å². The first-order chi connectivity index (χ1) is 10.5. The first-order valence-electron chi connectivity index (χ1n) is 6.93. The molecule has 0 aliphatic carbocycles. The Hall–Kier alpha value is -1.95. The van der Waals surface area contributed by atoms with Gasteiger partial charge in [-0.05, 0) is 38.1 Å². The summed E-state index contributed by atoms with van der Waals surface area (Å²) in [5.74, 6) is 0.213. The molecular formula is C16H21NO4S. The Morgan fingerprint density at radius 1 is 1.36 bits per heavy atom. The number of carbonyl (C=O) groups excluding carboxylic acids is 1. The summed E-state index contributed by atoms with van der Waals surface area (Å²) in [4.78, 5) is 22.3. The van der Waals surface area contributed by atoms with Gasteiger partial charge >= 0.3 is 5.97 Å². The van der Waals surface area contributed by atoms with E-state index in [9.17, 15) is 9.59 Å². The molecule has 0 atom stereocenters. The van der Waals surface area contributed by atoms with Crippen LogP contribution in [0.2, 0.25) is 0 Å². The van der Waals surface area contributed by atoms with Crippen molar-refractivity contribution >= 4 is 23.6 Å². The van der Waals surface area contributed by atoms with Gasteiger partial charge < -0.3 is 15.2 Å². The molecule has 22 heavy (non-hydrogen) atoms. The van der Waals surface area contributed by atoms with Crippen molar-refractivity contribution in [3.63, 3.8) is 0 Å². The quantitative estimate of drug-likeness (QED) is 0.539. The molecule has 1 rings (SSSR count). The number of aliphatic carboxylic acids is 1. The van der Waals surface area contributed by atoms with Gasteiger partial charge in [-0.1, -0.05) is 11.6 Å². The van der Waals surface area contributed by atoms with Gasteiger partial charge in [0.15, 0.2) is 0 Å². The van der Waals surface area contributed by atoms with Crippen LogP contribution < -0.4 is 10.1 Å². The number of amides is 1. The monoisotopic (exact) mass is 323 g/mol. The number of thioether (sulfide) groups is 1. The number of hydrogen-bond donors (Lipinski definition) is 2. The largest absolute Gasteiger partial charge is 0.490 e. The third kappa shape index (κ3) is 7.73. The summed E-state index contributed by atoms with van der Waals surface area (Å²) in [6, 6.07) is 6.98. The molecule has 1 aromatic rings. The van der Waals surface area contributed by atoms with Crippen LogP contribution in [0.5, 0.6) is 5.75 Å². The smallest absolute Gasteiger partial charge is 0.313 e. The van der Waals surface area contributed by atoms with Gasteiger partial charge in [0.25, 0.3) is 5.91 Å². The molecule has 0 saturated carbocycles. The number of carboxylic acid groups (broad SMARTS) is 1. The summed E-state index contributed by atoms with van der Waals surface area (Å²) >= 11 is 1.27. The van der Waals surface area contributed by atoms with Crippen molar-refractivity contribution in [1.29, 1.82) is 0 Å². The van der Waals surface area contributed by atoms with Crippen molar-refractivity contribution in [2.24, 2.45) is 0 Å². The fourth-order valence-electron chi connectivity index (χ4n) is 1.53. The van der Waals surface area contributed by atoms with Crippen LogP contribution in [0.25, 0.3) is 0 Å². The number of benzene rings is 1. The minimum atomic E-state index is -0.849. The van der Waals surface area contributed by atoms with Crippen molar-refractivity contribution in [1.82, 2.24) is 5.32 Å². The molecule has 0 unspecified atom stereocenters. The minimum absolute atomic E-state index is 0.0452. The van der Waals surface area contributed by atoms with Crippen molar-refractivity contribution in [3.8, 4) is 5.75 Å². The van der Waals surface area contributed by atoms with Gasteiger partial charge in [-0.25, -0.2) is 0 Å². The maximum Gasteiger partial charge on any atom is 0.313 e. The second-order valence-electron chi connectivity index (χ2n) is 4.82. The average Bonchev–Trinajstić information content (AvgIpc) is 2.46. The number of rotatable bonds is 9. The van der Waals surface area contributed by atoms with Crippen LogP contribution in [0.15, 0.2) is 35.9 Å². The number of ether oxygens (including phenoxy) is 1. The number of nitrogens with one attached hydrogen (secondary N) is 1. The van der Waals surface area contributed by atoms with E-state index in [2.05, 4.69) is 5.32 Å². The summed E-state index contributed by atoms with van der Waals surface area (Å²) in [5.41, 5.74) is 1.70. The standard InChI is InChI=1S/C16H21NO4S/c1-12(2)6-8-21-14-5-3-4-13(10-14)16(20)17-7-9-22-11-15(18)19/h3-6,10H,7-9,11H2,1-2H3,(H,17,20)(H,18,19). The first-order valence-corrected chi connectivity index (χ1v) is 8.08. The second-order valence-corrected chi connectivity index (χ2v) is 5.93. The molecule has 0 fully saturated rings. The van der Waals surface area contributed by atoms with Crippen molar-refractivity contribution in [2.45, 2.75) is 13.8 Å². The van der Waals surface area contributed by atoms with E-state index in [-0.39, 0.29) is 11.7 Å². The highest BCUT2D eigenvalue weighted by Gasteiger charge is 2.06. The molecule has 120 valence electrons. The molecule has 0 heterocycles. The number of carboxylic acids is 1. The van der Waals surface area contributed by atoms with Crippen LogP contribution in [0.1, 0.15) is 24.2 Å². The zero-order valence-electron chi connectivity index (χ0n) is 12.8. The maximum absolute atomic E-state index is 12.0. The Labute approximate surface area is 134 Å². The van der Waals surface area contributed by atoms with Gasteiger partial charge in [0.1, 0.15) is 12.4 Å². The Kier molecular flexibility index (Phi) is 8.14. The maximum atomic E-state index is 12.0. The van der Waals surface area contributed by atoms with Crippen LogP contribution in [0.3, 0.4) is 0 Å². The fourth-order valence-corrected chi connectivity index (χ4v) is 2.10. The van der Waals surface area contributed by atoms with Gasteiger partial charge in [0.2, 0.25) is 0 Å². The van der Waals surface area contributed by atoms with E-state index in [1.54, 1.807) is 24.3 Å². The van der Waals surface area contributed by atoms with Crippen LogP contribution in [0, 0.1) is 0 Å². The highest BCUT2D eigenvalue weighted by molar-refractivity contribution is 7.99. The van der Waals surface area contributed by atoms with Crippen LogP contribution >= 0.6 is 11.8 Å². The predicted molar refractivity (Wildman–Crippen MR) is 88.7 cm³/mol. The fraction of sp³-hybridized carbons (Fsp3) is 0.375. The lowest BCUT2D eigenvalue weighted by Crippen LogP contribution is -2.26. The summed E-state index contributed by atoms with van der Waals surface area (Å²) < 4.78 is 5.55. The molecule has 2 N–H and O–H groups in total. The lowest BCUT2D eigenvalue weighted by atomic mass is 10.2. The predicted octanol–water partition coefficient (Wildman–Crippen LogP) is 2.58. The summed E-state index contributed by atoms with van der Waals surface area (Å²) in [6.07, 6.45) is 1.96. The Morgan fingerprint density at radius 3 is 2.82 bits per heavy atom. The molecule has 0 radical (unpaired) electrons. The second kappa shape index (κ2) is 9.89. The van der Waals surface area contributed by atoms with Crippen molar-refractivity contribution in [2.75, 3.05) is 24.7 Å². The highest BCUT2D eigenvalue weighted by Crippen LogP contribution is 2.13. The van der Waals surface area contributed by atoms with Gasteiger partial charge in [-0.3, -0.25) is 9.59 Å². The molecule has 1 aromatic carbocycles. The summed E-state index contributed by atoms with van der Waals surface area (Å²) in [5, 5.41) is 11.3. The number of carbonyl (C=O) groups is 2. The van der Waals surface area contributed by atoms with Crippen LogP contribution in [-0.2, 0) is 4.79 Å². The average molecular weight is 323 g/mol. The lowest BCUT2D eigenvalue weighted by molar-refractivity contribution is -0.133. The Bertz CT molecular complexity index is 539. The van der Waals surface area contributed by atoms with E-state index >= 15 is 0 Å². The molecule has 5 nitrogen and oxygen atoms in total. The normalized spacial score (nSPS) is 9.91. The summed E-state index contributed by atoms with van der Waals surface area (Å²) in [7, 11) is 0. The molecule has 0 aromatic heterocycles. The molecule has 0 bridgehead atoms. The minimum Gasteiger partial charge on any atom is -0.490 e. The molecular weight excluding hydrogens is 302 g/mol. The number of hydrogen-bond acceptors (Lipinski definition) is 4. The van der Waals surface area contributed by atoms with Crippen LogP contribution in [0.4, 0.5) is 0 Å². The molecule has 0 aliphatic heterocycles. The van der Waals surface area contributed by atoms with Gasteiger partial charge in [-0.2, -0.15) is 0 Å². The lowest BCUT2D eigenvalue weighted by Gasteiger charge is -2.07. The van der Waals surface area contributed by atoms with Crippen molar-refractivity contribution in [3.05, 3.63) is 41.5 Å². The van der Waals surface area contributed by atoms with E-state index in [0.29, 0.717) is 30.2 Å². The third-order valence-electron chi connectivity index (χ3n) is 2.60. The van der Waals surface area contributed by atoms with Crippen LogP contribution in [-0.4, -0.2) is 41.6 Å². The Morgan fingerprint density at radius 2 is 2.14 bits per heavy atom. The van der Waals surface area contributed by atoms with Gasteiger partial charge in [0, 0.05) is 17.9 Å². The third-order valence-corrected chi connectivity index (χ3v) is 3.54. The van der Waals surface area contributed by atoms with E-state index < -0.39 is 5.97 Å². The SMILES string of the molecule is CC(C)=CCOc1cccc(C(=O)NCCSCC(=O)O)c1. The summed E-state index contributed by atoms with van der Waals surface area (Å²) in [6.45, 7) is 4.89. The Balaban J connectivity index is 2.41. The molecule has 6 heteroatoms. The highest BCUT2D eigenvalue weighted by atomic mass is 32.2. The number of allylic oxidation sites excluding steroid dienone is 1. The van der Waals surface area contributed by atoms with E-state index in [1.165, 1.54) is 17.3 Å². The van der Waals surface area contributed by atoms with E-state index in [4.69, 9.17) is 9.84 Å². The molecule has 0 spiro atoms. The molecule has 1 amide bonds. The van der Waals surface area contributed by atoms with Crippen molar-refractivity contribution < 1.29 is 19.4 Å². The topological polar surface area (TPSA) is 75.6 Å². The van der Waals surface area contributed by atoms with Gasteiger partial charge in [0.05, 0.1) is 5.75 Å². The van der Waals surface area contributed by atoms with E-state index in [1.807, 2.05) is 19.9 Å². The first kappa shape index (κ1) is 18.1. The zero-order valence-corrected chi connectivity index (χ0v) is 13.6.